The molecule has 1 aliphatic rings. The van der Waals surface area contributed by atoms with Gasteiger partial charge >= 0.3 is 0 Å². The SMILES string of the molecule is Fc1cccc2c1NCCc1oncc1-2. The summed E-state index contributed by atoms with van der Waals surface area (Å²) in [5, 5.41) is 6.81. The number of nitrogens with zero attached hydrogens (tertiary/aromatic N) is 1. The molecule has 1 aromatic carbocycles. The van der Waals surface area contributed by atoms with Crippen molar-refractivity contribution < 1.29 is 8.91 Å². The summed E-state index contributed by atoms with van der Waals surface area (Å²) < 4.78 is 18.7. The minimum absolute atomic E-state index is 0.235. The number of hydrogen-bond donors (Lipinski definition) is 1. The molecule has 76 valence electrons. The van der Waals surface area contributed by atoms with Crippen molar-refractivity contribution >= 4 is 5.69 Å². The van der Waals surface area contributed by atoms with E-state index in [4.69, 9.17) is 4.52 Å². The van der Waals surface area contributed by atoms with E-state index in [-0.39, 0.29) is 5.82 Å². The van der Waals surface area contributed by atoms with Crippen LogP contribution in [-0.2, 0) is 6.42 Å². The van der Waals surface area contributed by atoms with E-state index in [9.17, 15) is 4.39 Å². The molecule has 0 bridgehead atoms. The zero-order valence-corrected chi connectivity index (χ0v) is 7.96. The zero-order chi connectivity index (χ0) is 10.3. The smallest absolute Gasteiger partial charge is 0.146 e. The molecule has 0 saturated carbocycles. The molecule has 0 unspecified atom stereocenters. The number of benzene rings is 1. The molecular weight excluding hydrogens is 195 g/mol. The van der Waals surface area contributed by atoms with Crippen LogP contribution in [0.4, 0.5) is 10.1 Å². The molecule has 1 aliphatic heterocycles. The van der Waals surface area contributed by atoms with Gasteiger partial charge in [-0.2, -0.15) is 0 Å². The van der Waals surface area contributed by atoms with Gasteiger partial charge in [0.15, 0.2) is 0 Å². The van der Waals surface area contributed by atoms with Gasteiger partial charge in [-0.3, -0.25) is 0 Å². The van der Waals surface area contributed by atoms with Crippen molar-refractivity contribution in [2.24, 2.45) is 0 Å². The van der Waals surface area contributed by atoms with Crippen LogP contribution < -0.4 is 5.32 Å². The van der Waals surface area contributed by atoms with Crippen molar-refractivity contribution in [2.75, 3.05) is 11.9 Å². The van der Waals surface area contributed by atoms with Crippen molar-refractivity contribution in [1.82, 2.24) is 5.16 Å². The molecule has 4 heteroatoms. The number of aromatic nitrogens is 1. The number of para-hydroxylation sites is 1. The average molecular weight is 204 g/mol. The summed E-state index contributed by atoms with van der Waals surface area (Å²) in [5.41, 5.74) is 2.25. The van der Waals surface area contributed by atoms with Crippen molar-refractivity contribution in [2.45, 2.75) is 6.42 Å². The Balaban J connectivity index is 2.29. The molecule has 15 heavy (non-hydrogen) atoms. The van der Waals surface area contributed by atoms with Crippen molar-refractivity contribution in [3.63, 3.8) is 0 Å². The summed E-state index contributed by atoms with van der Waals surface area (Å²) in [7, 11) is 0. The number of halogens is 1. The molecule has 0 aliphatic carbocycles. The normalized spacial score (nSPS) is 13.7. The first kappa shape index (κ1) is 8.47. The van der Waals surface area contributed by atoms with Crippen LogP contribution in [0, 0.1) is 5.82 Å². The van der Waals surface area contributed by atoms with E-state index in [1.807, 2.05) is 6.07 Å². The van der Waals surface area contributed by atoms with Gasteiger partial charge in [-0.05, 0) is 6.07 Å². The third-order valence-electron chi connectivity index (χ3n) is 2.60. The summed E-state index contributed by atoms with van der Waals surface area (Å²) >= 11 is 0. The molecule has 0 atom stereocenters. The predicted octanol–water partition coefficient (Wildman–Crippen LogP) is 2.45. The van der Waals surface area contributed by atoms with Gasteiger partial charge in [-0.15, -0.1) is 0 Å². The average Bonchev–Trinajstić information content (AvgIpc) is 2.62. The second-order valence-electron chi connectivity index (χ2n) is 3.50. The lowest BCUT2D eigenvalue weighted by molar-refractivity contribution is 0.386. The lowest BCUT2D eigenvalue weighted by Crippen LogP contribution is -2.03. The van der Waals surface area contributed by atoms with E-state index in [0.29, 0.717) is 12.2 Å². The van der Waals surface area contributed by atoms with Gasteiger partial charge in [0, 0.05) is 24.1 Å². The standard InChI is InChI=1S/C11H9FN2O/c12-9-3-1-2-7-8-6-14-15-10(8)4-5-13-11(7)9/h1-3,6,13H,4-5H2. The highest BCUT2D eigenvalue weighted by Crippen LogP contribution is 2.34. The second-order valence-corrected chi connectivity index (χ2v) is 3.50. The fourth-order valence-corrected chi connectivity index (χ4v) is 1.89. The predicted molar refractivity (Wildman–Crippen MR) is 54.1 cm³/mol. The third-order valence-corrected chi connectivity index (χ3v) is 2.60. The monoisotopic (exact) mass is 204 g/mol. The molecule has 0 fully saturated rings. The Bertz CT molecular complexity index is 507. The molecule has 2 heterocycles. The van der Waals surface area contributed by atoms with Gasteiger partial charge in [0.05, 0.1) is 11.9 Å². The Morgan fingerprint density at radius 1 is 1.33 bits per heavy atom. The van der Waals surface area contributed by atoms with Crippen LogP contribution in [0.25, 0.3) is 11.1 Å². The van der Waals surface area contributed by atoms with E-state index < -0.39 is 0 Å². The highest BCUT2D eigenvalue weighted by molar-refractivity contribution is 5.80. The first-order valence-corrected chi connectivity index (χ1v) is 4.82. The van der Waals surface area contributed by atoms with E-state index >= 15 is 0 Å². The first-order valence-electron chi connectivity index (χ1n) is 4.82. The maximum absolute atomic E-state index is 13.5. The third kappa shape index (κ3) is 1.21. The van der Waals surface area contributed by atoms with E-state index in [1.165, 1.54) is 6.07 Å². The maximum Gasteiger partial charge on any atom is 0.146 e. The van der Waals surface area contributed by atoms with Crippen molar-refractivity contribution in [3.8, 4) is 11.1 Å². The van der Waals surface area contributed by atoms with Gasteiger partial charge < -0.3 is 9.84 Å². The summed E-state index contributed by atoms with van der Waals surface area (Å²) in [6.07, 6.45) is 2.37. The molecule has 0 spiro atoms. The van der Waals surface area contributed by atoms with Gasteiger partial charge in [-0.1, -0.05) is 17.3 Å². The van der Waals surface area contributed by atoms with E-state index in [0.717, 1.165) is 23.3 Å². The minimum atomic E-state index is -0.235. The highest BCUT2D eigenvalue weighted by atomic mass is 19.1. The van der Waals surface area contributed by atoms with Gasteiger partial charge in [0.2, 0.25) is 0 Å². The Hall–Kier alpha value is -1.84. The molecule has 1 aromatic heterocycles. The van der Waals surface area contributed by atoms with Crippen LogP contribution in [0.2, 0.25) is 0 Å². The maximum atomic E-state index is 13.5. The number of rotatable bonds is 0. The number of fused-ring (bicyclic) bond motifs is 3. The lowest BCUT2D eigenvalue weighted by Gasteiger charge is -2.07. The number of nitrogens with one attached hydrogen (secondary N) is 1. The zero-order valence-electron chi connectivity index (χ0n) is 7.96. The Morgan fingerprint density at radius 2 is 2.27 bits per heavy atom. The Labute approximate surface area is 85.9 Å². The summed E-state index contributed by atoms with van der Waals surface area (Å²) in [5.74, 6) is 0.577. The summed E-state index contributed by atoms with van der Waals surface area (Å²) in [6.45, 7) is 0.663. The molecule has 3 rings (SSSR count). The molecule has 2 aromatic rings. The Morgan fingerprint density at radius 3 is 3.20 bits per heavy atom. The van der Waals surface area contributed by atoms with Crippen LogP contribution in [0.15, 0.2) is 28.9 Å². The minimum Gasteiger partial charge on any atom is -0.382 e. The van der Waals surface area contributed by atoms with Gasteiger partial charge in [-0.25, -0.2) is 4.39 Å². The first-order chi connectivity index (χ1) is 7.36. The van der Waals surface area contributed by atoms with Crippen LogP contribution >= 0.6 is 0 Å². The number of hydrogen-bond acceptors (Lipinski definition) is 3. The molecule has 0 radical (unpaired) electrons. The van der Waals surface area contributed by atoms with Gasteiger partial charge in [0.25, 0.3) is 0 Å². The summed E-state index contributed by atoms with van der Waals surface area (Å²) in [4.78, 5) is 0. The largest absolute Gasteiger partial charge is 0.382 e. The molecule has 0 saturated heterocycles. The quantitative estimate of drug-likeness (QED) is 0.716. The van der Waals surface area contributed by atoms with Crippen LogP contribution in [0.3, 0.4) is 0 Å². The van der Waals surface area contributed by atoms with Crippen molar-refractivity contribution in [1.29, 1.82) is 0 Å². The molecule has 3 nitrogen and oxygen atoms in total. The van der Waals surface area contributed by atoms with Crippen LogP contribution in [0.1, 0.15) is 5.76 Å². The van der Waals surface area contributed by atoms with E-state index in [1.54, 1.807) is 12.3 Å². The van der Waals surface area contributed by atoms with Gasteiger partial charge in [0.1, 0.15) is 11.6 Å². The van der Waals surface area contributed by atoms with Crippen LogP contribution in [0.5, 0.6) is 0 Å². The Kier molecular flexibility index (Phi) is 1.74. The van der Waals surface area contributed by atoms with Crippen molar-refractivity contribution in [3.05, 3.63) is 36.0 Å². The fraction of sp³-hybridized carbons (Fsp3) is 0.182. The molecular formula is C11H9FN2O. The topological polar surface area (TPSA) is 38.1 Å². The molecule has 0 amide bonds. The highest BCUT2D eigenvalue weighted by Gasteiger charge is 2.19. The molecule has 1 N–H and O–H groups in total. The second kappa shape index (κ2) is 3.08. The summed E-state index contributed by atoms with van der Waals surface area (Å²) in [6, 6.07) is 5.01. The van der Waals surface area contributed by atoms with E-state index in [2.05, 4.69) is 10.5 Å². The fourth-order valence-electron chi connectivity index (χ4n) is 1.89. The number of anilines is 1. The van der Waals surface area contributed by atoms with Crippen LogP contribution in [-0.4, -0.2) is 11.7 Å². The lowest BCUT2D eigenvalue weighted by atomic mass is 10.1.